The number of benzene rings is 2. The van der Waals surface area contributed by atoms with Gasteiger partial charge in [0.1, 0.15) is 11.5 Å². The van der Waals surface area contributed by atoms with E-state index < -0.39 is 5.97 Å². The Morgan fingerprint density at radius 1 is 1.15 bits per heavy atom. The molecule has 104 valence electrons. The Morgan fingerprint density at radius 3 is 2.40 bits per heavy atom. The second-order valence-electron chi connectivity index (χ2n) is 4.25. The first-order chi connectivity index (χ1) is 9.51. The van der Waals surface area contributed by atoms with E-state index in [1.807, 2.05) is 31.2 Å². The standard InChI is InChI=1S/C15H14INO3/c1-9-7-12(8-13(14(9)17)15(18)19-2)20-11-5-3-10(16)4-6-11/h3-8H,17H2,1-2H3. The first-order valence-corrected chi connectivity index (χ1v) is 7.01. The number of rotatable bonds is 3. The molecule has 0 radical (unpaired) electrons. The Kier molecular flexibility index (Phi) is 4.49. The third-order valence-corrected chi connectivity index (χ3v) is 3.53. The highest BCUT2D eigenvalue weighted by Gasteiger charge is 2.14. The molecule has 0 heterocycles. The minimum absolute atomic E-state index is 0.313. The van der Waals surface area contributed by atoms with Gasteiger partial charge in [-0.3, -0.25) is 0 Å². The van der Waals surface area contributed by atoms with Gasteiger partial charge in [0, 0.05) is 9.26 Å². The molecule has 2 aromatic carbocycles. The smallest absolute Gasteiger partial charge is 0.340 e. The number of aryl methyl sites for hydroxylation is 1. The molecule has 0 aliphatic rings. The summed E-state index contributed by atoms with van der Waals surface area (Å²) < 4.78 is 11.6. The van der Waals surface area contributed by atoms with Crippen molar-refractivity contribution in [1.82, 2.24) is 0 Å². The number of carbonyl (C=O) groups is 1. The Bertz CT molecular complexity index is 638. The van der Waals surface area contributed by atoms with E-state index in [1.54, 1.807) is 12.1 Å². The van der Waals surface area contributed by atoms with E-state index in [0.29, 0.717) is 22.7 Å². The highest BCUT2D eigenvalue weighted by Crippen LogP contribution is 2.29. The third kappa shape index (κ3) is 3.22. The molecule has 0 spiro atoms. The minimum atomic E-state index is -0.473. The summed E-state index contributed by atoms with van der Waals surface area (Å²) >= 11 is 2.22. The molecule has 0 amide bonds. The van der Waals surface area contributed by atoms with Crippen molar-refractivity contribution >= 4 is 34.2 Å². The van der Waals surface area contributed by atoms with Crippen LogP contribution in [0.1, 0.15) is 15.9 Å². The van der Waals surface area contributed by atoms with E-state index in [9.17, 15) is 4.79 Å². The summed E-state index contributed by atoms with van der Waals surface area (Å²) in [6.45, 7) is 1.82. The van der Waals surface area contributed by atoms with Gasteiger partial charge < -0.3 is 15.2 Å². The van der Waals surface area contributed by atoms with Crippen LogP contribution in [0.3, 0.4) is 0 Å². The van der Waals surface area contributed by atoms with Crippen molar-refractivity contribution in [3.05, 3.63) is 51.1 Å². The van der Waals surface area contributed by atoms with Crippen molar-refractivity contribution in [2.45, 2.75) is 6.92 Å². The van der Waals surface area contributed by atoms with Crippen LogP contribution in [-0.4, -0.2) is 13.1 Å². The average Bonchev–Trinajstić information content (AvgIpc) is 2.44. The van der Waals surface area contributed by atoms with Gasteiger partial charge in [-0.15, -0.1) is 0 Å². The number of nitrogens with two attached hydrogens (primary N) is 1. The third-order valence-electron chi connectivity index (χ3n) is 2.82. The fourth-order valence-electron chi connectivity index (χ4n) is 1.74. The number of halogens is 1. The molecular weight excluding hydrogens is 369 g/mol. The molecule has 0 unspecified atom stereocenters. The quantitative estimate of drug-likeness (QED) is 0.498. The molecule has 2 N–H and O–H groups in total. The van der Waals surface area contributed by atoms with Crippen LogP contribution in [0.25, 0.3) is 0 Å². The monoisotopic (exact) mass is 383 g/mol. The number of methoxy groups -OCH3 is 1. The number of carbonyl (C=O) groups excluding carboxylic acids is 1. The number of hydrogen-bond donors (Lipinski definition) is 1. The number of anilines is 1. The van der Waals surface area contributed by atoms with Crippen molar-refractivity contribution in [2.24, 2.45) is 0 Å². The summed E-state index contributed by atoms with van der Waals surface area (Å²) in [6.07, 6.45) is 0. The lowest BCUT2D eigenvalue weighted by atomic mass is 10.1. The van der Waals surface area contributed by atoms with Crippen LogP contribution in [-0.2, 0) is 4.74 Å². The lowest BCUT2D eigenvalue weighted by molar-refractivity contribution is 0.0601. The van der Waals surface area contributed by atoms with Crippen LogP contribution in [0.4, 0.5) is 5.69 Å². The number of hydrogen-bond acceptors (Lipinski definition) is 4. The molecule has 0 aromatic heterocycles. The predicted octanol–water partition coefficient (Wildman–Crippen LogP) is 3.76. The molecule has 0 atom stereocenters. The molecule has 4 nitrogen and oxygen atoms in total. The van der Waals surface area contributed by atoms with Crippen molar-refractivity contribution in [3.63, 3.8) is 0 Å². The highest BCUT2D eigenvalue weighted by atomic mass is 127. The van der Waals surface area contributed by atoms with Crippen LogP contribution < -0.4 is 10.5 Å². The number of nitrogen functional groups attached to an aromatic ring is 1. The van der Waals surface area contributed by atoms with Crippen LogP contribution >= 0.6 is 22.6 Å². The lowest BCUT2D eigenvalue weighted by Gasteiger charge is -2.11. The van der Waals surface area contributed by atoms with Gasteiger partial charge in [0.15, 0.2) is 0 Å². The zero-order valence-electron chi connectivity index (χ0n) is 11.1. The summed E-state index contributed by atoms with van der Waals surface area (Å²) in [5.41, 5.74) is 7.38. The number of ether oxygens (including phenoxy) is 2. The zero-order chi connectivity index (χ0) is 14.7. The maximum atomic E-state index is 11.7. The first-order valence-electron chi connectivity index (χ1n) is 5.93. The number of esters is 1. The molecule has 0 aliphatic carbocycles. The van der Waals surface area contributed by atoms with Crippen molar-refractivity contribution in [3.8, 4) is 11.5 Å². The first kappa shape index (κ1) is 14.6. The summed E-state index contributed by atoms with van der Waals surface area (Å²) in [5.74, 6) is 0.780. The second-order valence-corrected chi connectivity index (χ2v) is 5.49. The van der Waals surface area contributed by atoms with E-state index in [2.05, 4.69) is 22.6 Å². The molecule has 2 aromatic rings. The van der Waals surface area contributed by atoms with Gasteiger partial charge in [0.25, 0.3) is 0 Å². The van der Waals surface area contributed by atoms with E-state index in [0.717, 1.165) is 9.13 Å². The Hall–Kier alpha value is -1.76. The maximum absolute atomic E-state index is 11.7. The van der Waals surface area contributed by atoms with Crippen LogP contribution in [0.5, 0.6) is 11.5 Å². The minimum Gasteiger partial charge on any atom is -0.465 e. The molecule has 0 aliphatic heterocycles. The molecule has 5 heteroatoms. The van der Waals surface area contributed by atoms with Gasteiger partial charge in [-0.05, 0) is 71.5 Å². The topological polar surface area (TPSA) is 61.5 Å². The lowest BCUT2D eigenvalue weighted by Crippen LogP contribution is -2.07. The van der Waals surface area contributed by atoms with Crippen molar-refractivity contribution in [1.29, 1.82) is 0 Å². The fourth-order valence-corrected chi connectivity index (χ4v) is 2.10. The SMILES string of the molecule is COC(=O)c1cc(Oc2ccc(I)cc2)cc(C)c1N. The largest absolute Gasteiger partial charge is 0.465 e. The molecule has 2 rings (SSSR count). The van der Waals surface area contributed by atoms with Gasteiger partial charge in [0.2, 0.25) is 0 Å². The van der Waals surface area contributed by atoms with Gasteiger partial charge in [-0.2, -0.15) is 0 Å². The second kappa shape index (κ2) is 6.13. The molecule has 0 saturated heterocycles. The van der Waals surface area contributed by atoms with E-state index in [4.69, 9.17) is 15.2 Å². The van der Waals surface area contributed by atoms with Crippen LogP contribution in [0.15, 0.2) is 36.4 Å². The van der Waals surface area contributed by atoms with Crippen molar-refractivity contribution < 1.29 is 14.3 Å². The van der Waals surface area contributed by atoms with Crippen LogP contribution in [0, 0.1) is 10.5 Å². The maximum Gasteiger partial charge on any atom is 0.340 e. The van der Waals surface area contributed by atoms with E-state index in [-0.39, 0.29) is 0 Å². The highest BCUT2D eigenvalue weighted by molar-refractivity contribution is 14.1. The van der Waals surface area contributed by atoms with Gasteiger partial charge >= 0.3 is 5.97 Å². The molecule has 20 heavy (non-hydrogen) atoms. The van der Waals surface area contributed by atoms with Gasteiger partial charge in [-0.25, -0.2) is 4.79 Å². The summed E-state index contributed by atoms with van der Waals surface area (Å²) in [4.78, 5) is 11.7. The fraction of sp³-hybridized carbons (Fsp3) is 0.133. The molecule has 0 fully saturated rings. The average molecular weight is 383 g/mol. The Balaban J connectivity index is 2.35. The summed E-state index contributed by atoms with van der Waals surface area (Å²) in [6, 6.07) is 11.0. The summed E-state index contributed by atoms with van der Waals surface area (Å²) in [7, 11) is 1.32. The van der Waals surface area contributed by atoms with Crippen LogP contribution in [0.2, 0.25) is 0 Å². The molecule has 0 saturated carbocycles. The Morgan fingerprint density at radius 2 is 1.80 bits per heavy atom. The van der Waals surface area contributed by atoms with Gasteiger partial charge in [-0.1, -0.05) is 0 Å². The Labute approximate surface area is 131 Å². The molecular formula is C15H14INO3. The molecule has 0 bridgehead atoms. The van der Waals surface area contributed by atoms with Gasteiger partial charge in [0.05, 0.1) is 12.7 Å². The normalized spacial score (nSPS) is 10.2. The predicted molar refractivity (Wildman–Crippen MR) is 86.2 cm³/mol. The van der Waals surface area contributed by atoms with E-state index >= 15 is 0 Å². The van der Waals surface area contributed by atoms with E-state index in [1.165, 1.54) is 7.11 Å². The zero-order valence-corrected chi connectivity index (χ0v) is 13.3. The van der Waals surface area contributed by atoms with Crippen molar-refractivity contribution in [2.75, 3.05) is 12.8 Å². The summed E-state index contributed by atoms with van der Waals surface area (Å²) in [5, 5.41) is 0.